The second kappa shape index (κ2) is 10.6. The van der Waals surface area contributed by atoms with E-state index in [1.54, 1.807) is 13.8 Å². The van der Waals surface area contributed by atoms with Gasteiger partial charge < -0.3 is 29.6 Å². The summed E-state index contributed by atoms with van der Waals surface area (Å²) in [4.78, 5) is 51.0. The number of ether oxygens (including phenoxy) is 4. The molecule has 0 unspecified atom stereocenters. The largest absolute Gasteiger partial charge is 0.449 e. The van der Waals surface area contributed by atoms with Gasteiger partial charge in [0, 0.05) is 24.7 Å². The Kier molecular flexibility index (Phi) is 6.98. The highest BCUT2D eigenvalue weighted by molar-refractivity contribution is 5.82. The smallest absolute Gasteiger partial charge is 0.407 e. The molecular weight excluding hydrogens is 532 g/mol. The van der Waals surface area contributed by atoms with E-state index in [0.29, 0.717) is 0 Å². The van der Waals surface area contributed by atoms with Crippen LogP contribution >= 0.6 is 0 Å². The quantitative estimate of drug-likeness (QED) is 0.393. The summed E-state index contributed by atoms with van der Waals surface area (Å²) in [5.41, 5.74) is 3.26. The highest BCUT2D eigenvalue weighted by Crippen LogP contribution is 2.45. The fraction of sp³-hybridized carbons (Fsp3) is 0.379. The van der Waals surface area contributed by atoms with Gasteiger partial charge in [-0.2, -0.15) is 0 Å². The van der Waals surface area contributed by atoms with Gasteiger partial charge in [-0.05, 0) is 36.1 Å². The van der Waals surface area contributed by atoms with Crippen LogP contribution in [0, 0.1) is 0 Å². The Morgan fingerprint density at radius 1 is 0.951 bits per heavy atom. The molecule has 0 radical (unpaired) electrons. The number of aromatic nitrogens is 2. The zero-order valence-electron chi connectivity index (χ0n) is 22.5. The van der Waals surface area contributed by atoms with Crippen molar-refractivity contribution in [3.05, 3.63) is 92.8 Å². The molecule has 3 aromatic rings. The number of fused-ring (bicyclic) bond motifs is 4. The molecule has 6 rings (SSSR count). The second-order valence-electron chi connectivity index (χ2n) is 10.6. The van der Waals surface area contributed by atoms with E-state index >= 15 is 0 Å². The number of hydrogen-bond donors (Lipinski definition) is 3. The van der Waals surface area contributed by atoms with Crippen LogP contribution in [-0.4, -0.2) is 65.3 Å². The molecule has 2 aliphatic heterocycles. The Morgan fingerprint density at radius 3 is 2.29 bits per heavy atom. The number of nitrogens with one attached hydrogen (secondary N) is 3. The van der Waals surface area contributed by atoms with Crippen molar-refractivity contribution < 1.29 is 28.5 Å². The van der Waals surface area contributed by atoms with E-state index in [0.717, 1.165) is 22.3 Å². The van der Waals surface area contributed by atoms with Crippen molar-refractivity contribution in [3.63, 3.8) is 0 Å². The number of alkyl carbamates (subject to hydrolysis) is 1. The minimum Gasteiger partial charge on any atom is -0.449 e. The molecule has 0 spiro atoms. The van der Waals surface area contributed by atoms with E-state index in [4.69, 9.17) is 18.9 Å². The van der Waals surface area contributed by atoms with Gasteiger partial charge in [-0.3, -0.25) is 19.1 Å². The van der Waals surface area contributed by atoms with Gasteiger partial charge in [-0.1, -0.05) is 48.5 Å². The van der Waals surface area contributed by atoms with E-state index < -0.39 is 53.6 Å². The molecule has 0 bridgehead atoms. The van der Waals surface area contributed by atoms with E-state index in [9.17, 15) is 19.2 Å². The number of carbonyl (C=O) groups excluding carboxylic acids is 2. The lowest BCUT2D eigenvalue weighted by atomic mass is 9.98. The molecule has 2 amide bonds. The van der Waals surface area contributed by atoms with Crippen molar-refractivity contribution in [1.82, 2.24) is 20.2 Å². The van der Waals surface area contributed by atoms with Gasteiger partial charge in [0.15, 0.2) is 12.0 Å². The zero-order chi connectivity index (χ0) is 28.7. The number of amides is 2. The van der Waals surface area contributed by atoms with E-state index in [-0.39, 0.29) is 25.6 Å². The first-order chi connectivity index (χ1) is 19.7. The molecule has 0 saturated carbocycles. The van der Waals surface area contributed by atoms with Crippen molar-refractivity contribution in [3.8, 4) is 11.1 Å². The van der Waals surface area contributed by atoms with Crippen LogP contribution in [0.5, 0.6) is 0 Å². The first kappa shape index (κ1) is 26.9. The summed E-state index contributed by atoms with van der Waals surface area (Å²) in [6, 6.07) is 17.3. The number of nitrogens with zero attached hydrogens (tertiary/aromatic N) is 1. The van der Waals surface area contributed by atoms with Gasteiger partial charge in [0.25, 0.3) is 5.56 Å². The Balaban J connectivity index is 1.02. The van der Waals surface area contributed by atoms with E-state index in [1.165, 1.54) is 16.8 Å². The number of rotatable bonds is 7. The van der Waals surface area contributed by atoms with Crippen LogP contribution in [0.25, 0.3) is 11.1 Å². The third-order valence-electron chi connectivity index (χ3n) is 7.49. The highest BCUT2D eigenvalue weighted by Gasteiger charge is 2.56. The highest BCUT2D eigenvalue weighted by atomic mass is 16.8. The monoisotopic (exact) mass is 562 g/mol. The average molecular weight is 563 g/mol. The van der Waals surface area contributed by atoms with Crippen molar-refractivity contribution >= 4 is 12.0 Å². The zero-order valence-corrected chi connectivity index (χ0v) is 22.5. The number of hydrogen-bond acceptors (Lipinski definition) is 8. The Bertz CT molecular complexity index is 1550. The lowest BCUT2D eigenvalue weighted by Crippen LogP contribution is -2.43. The number of aromatic amines is 1. The Hall–Kier alpha value is -4.26. The van der Waals surface area contributed by atoms with E-state index in [1.807, 2.05) is 36.4 Å². The fourth-order valence-electron chi connectivity index (χ4n) is 5.75. The Labute approximate surface area is 234 Å². The molecule has 2 saturated heterocycles. The summed E-state index contributed by atoms with van der Waals surface area (Å²) in [7, 11) is 0. The number of H-pyrrole nitrogens is 1. The summed E-state index contributed by atoms with van der Waals surface area (Å²) < 4.78 is 24.7. The van der Waals surface area contributed by atoms with Crippen LogP contribution in [-0.2, 0) is 23.7 Å². The van der Waals surface area contributed by atoms with Crippen LogP contribution < -0.4 is 21.9 Å². The maximum absolute atomic E-state index is 12.6. The Morgan fingerprint density at radius 2 is 1.61 bits per heavy atom. The van der Waals surface area contributed by atoms with Crippen LogP contribution in [0.4, 0.5) is 4.79 Å². The van der Waals surface area contributed by atoms with Crippen LogP contribution in [0.15, 0.2) is 70.4 Å². The van der Waals surface area contributed by atoms with Gasteiger partial charge >= 0.3 is 11.8 Å². The molecule has 1 aliphatic carbocycles. The summed E-state index contributed by atoms with van der Waals surface area (Å²) in [5, 5.41) is 5.21. The molecule has 214 valence electrons. The molecule has 12 nitrogen and oxygen atoms in total. The number of carbonyl (C=O) groups is 2. The van der Waals surface area contributed by atoms with Crippen LogP contribution in [0.1, 0.15) is 37.1 Å². The third-order valence-corrected chi connectivity index (χ3v) is 7.49. The van der Waals surface area contributed by atoms with Crippen molar-refractivity contribution in [2.45, 2.75) is 50.1 Å². The average Bonchev–Trinajstić information content (AvgIpc) is 3.56. The maximum Gasteiger partial charge on any atom is 0.407 e. The topological polar surface area (TPSA) is 150 Å². The van der Waals surface area contributed by atoms with E-state index in [2.05, 4.69) is 27.8 Å². The molecular formula is C29H30N4O8. The van der Waals surface area contributed by atoms with Gasteiger partial charge in [0.05, 0.1) is 6.54 Å². The lowest BCUT2D eigenvalue weighted by Gasteiger charge is -2.25. The van der Waals surface area contributed by atoms with Crippen LogP contribution in [0.3, 0.4) is 0 Å². The van der Waals surface area contributed by atoms with Crippen molar-refractivity contribution in [2.24, 2.45) is 0 Å². The fourth-order valence-corrected chi connectivity index (χ4v) is 5.75. The van der Waals surface area contributed by atoms with Gasteiger partial charge in [0.2, 0.25) is 5.91 Å². The lowest BCUT2D eigenvalue weighted by molar-refractivity contribution is -0.196. The minimum absolute atomic E-state index is 0.0421. The summed E-state index contributed by atoms with van der Waals surface area (Å²) >= 11 is 0. The molecule has 3 N–H and O–H groups in total. The molecule has 2 fully saturated rings. The molecule has 1 aromatic heterocycles. The van der Waals surface area contributed by atoms with Gasteiger partial charge in [-0.25, -0.2) is 9.59 Å². The van der Waals surface area contributed by atoms with Crippen molar-refractivity contribution in [1.29, 1.82) is 0 Å². The molecule has 3 heterocycles. The molecule has 2 aromatic carbocycles. The minimum atomic E-state index is -0.933. The first-order valence-electron chi connectivity index (χ1n) is 13.4. The van der Waals surface area contributed by atoms with Crippen LogP contribution in [0.2, 0.25) is 0 Å². The summed E-state index contributed by atoms with van der Waals surface area (Å²) in [5.74, 6) is -1.48. The standard InChI is InChI=1S/C29H30N4O8/c1-29(2)40-24-21(39-26(25(24)41-29)33-12-11-22(34)32-27(33)36)13-30-23(35)14-31-28(37)38-15-20-18-9-5-3-7-16(18)17-8-4-6-10-19(17)20/h3-12,20-21,24-26H,13-15H2,1-2H3,(H,30,35)(H,31,37)(H,32,34,36)/t21-,24-,25-,26-/m1/s1. The first-order valence-corrected chi connectivity index (χ1v) is 13.4. The number of benzene rings is 2. The summed E-state index contributed by atoms with van der Waals surface area (Å²) in [6.45, 7) is 3.36. The molecule has 41 heavy (non-hydrogen) atoms. The maximum atomic E-state index is 12.6. The molecule has 3 aliphatic rings. The normalized spacial score (nSPS) is 23.9. The SMILES string of the molecule is CC1(C)O[C@@H]2[C@H](O1)[C@@H](CNC(=O)CNC(=O)OCC1c3ccccc3-c3ccccc31)O[C@H]2n1ccc(=O)[nH]c1=O. The van der Waals surface area contributed by atoms with Gasteiger partial charge in [0.1, 0.15) is 24.9 Å². The summed E-state index contributed by atoms with van der Waals surface area (Å²) in [6.07, 6.45) is -2.11. The third kappa shape index (κ3) is 5.29. The molecule has 12 heteroatoms. The van der Waals surface area contributed by atoms with Crippen molar-refractivity contribution in [2.75, 3.05) is 19.7 Å². The van der Waals surface area contributed by atoms with Gasteiger partial charge in [-0.15, -0.1) is 0 Å². The predicted molar refractivity (Wildman–Crippen MR) is 145 cm³/mol. The molecule has 4 atom stereocenters. The predicted octanol–water partition coefficient (Wildman–Crippen LogP) is 1.61. The second-order valence-corrected chi connectivity index (χ2v) is 10.6.